The number of aromatic nitrogens is 2. The van der Waals surface area contributed by atoms with Crippen molar-refractivity contribution in [2.45, 2.75) is 18.7 Å². The molecule has 174 valence electrons. The average Bonchev–Trinajstić information content (AvgIpc) is 3.13. The molecule has 0 amide bonds. The molecule has 0 spiro atoms. The maximum atomic E-state index is 14.8. The van der Waals surface area contributed by atoms with Gasteiger partial charge in [-0.05, 0) is 30.7 Å². The minimum absolute atomic E-state index is 0.0238. The number of benzene rings is 2. The average molecular weight is 486 g/mol. The number of anilines is 1. The molecule has 1 fully saturated rings. The van der Waals surface area contributed by atoms with Crippen molar-refractivity contribution in [3.05, 3.63) is 58.4 Å². The van der Waals surface area contributed by atoms with Crippen LogP contribution in [-0.4, -0.2) is 51.1 Å². The van der Waals surface area contributed by atoms with Crippen molar-refractivity contribution in [1.29, 1.82) is 0 Å². The van der Waals surface area contributed by atoms with Gasteiger partial charge in [0.25, 0.3) is 5.91 Å². The van der Waals surface area contributed by atoms with E-state index in [1.54, 1.807) is 0 Å². The zero-order chi connectivity index (χ0) is 24.1. The van der Waals surface area contributed by atoms with E-state index in [1.165, 1.54) is 17.0 Å². The number of fused-ring (bicyclic) bond motifs is 1. The van der Waals surface area contributed by atoms with Gasteiger partial charge in [-0.15, -0.1) is 5.10 Å². The summed E-state index contributed by atoms with van der Waals surface area (Å²) < 4.78 is 56.0. The second-order valence-electron chi connectivity index (χ2n) is 7.58. The van der Waals surface area contributed by atoms with Crippen LogP contribution < -0.4 is 4.90 Å². The summed E-state index contributed by atoms with van der Waals surface area (Å²) in [6.07, 6.45) is -6.15. The monoisotopic (exact) mass is 485 g/mol. The Bertz CT molecular complexity index is 1260. The second kappa shape index (κ2) is 8.31. The molecular weight excluding hydrogens is 470 g/mol. The van der Waals surface area contributed by atoms with Crippen LogP contribution in [0.25, 0.3) is 10.9 Å². The van der Waals surface area contributed by atoms with Gasteiger partial charge in [-0.3, -0.25) is 9.59 Å². The van der Waals surface area contributed by atoms with Gasteiger partial charge in [0.1, 0.15) is 5.82 Å². The number of nitrogens with zero attached hydrogens (tertiary/aromatic N) is 3. The van der Waals surface area contributed by atoms with Crippen molar-refractivity contribution in [1.82, 2.24) is 9.78 Å². The van der Waals surface area contributed by atoms with Crippen molar-refractivity contribution in [3.8, 4) is 0 Å². The molecule has 1 aliphatic rings. The lowest BCUT2D eigenvalue weighted by molar-refractivity contribution is -0.146. The summed E-state index contributed by atoms with van der Waals surface area (Å²) in [5.74, 6) is -4.31. The van der Waals surface area contributed by atoms with Crippen molar-refractivity contribution < 1.29 is 37.4 Å². The number of aliphatic hydroxyl groups excluding tert-OH is 1. The van der Waals surface area contributed by atoms with E-state index in [1.807, 2.05) is 0 Å². The van der Waals surface area contributed by atoms with Crippen LogP contribution in [0.1, 0.15) is 22.3 Å². The fraction of sp³-hybridized carbons (Fsp3) is 0.286. The molecule has 1 aromatic heterocycles. The molecule has 1 saturated heterocycles. The molecule has 2 heterocycles. The van der Waals surface area contributed by atoms with Crippen molar-refractivity contribution in [2.24, 2.45) is 5.92 Å². The first-order chi connectivity index (χ1) is 15.5. The van der Waals surface area contributed by atoms with Gasteiger partial charge in [-0.2, -0.15) is 17.9 Å². The number of carbonyl (C=O) groups is 2. The summed E-state index contributed by atoms with van der Waals surface area (Å²) in [5, 5.41) is 22.9. The van der Waals surface area contributed by atoms with Crippen LogP contribution in [0.2, 0.25) is 5.02 Å². The molecule has 0 radical (unpaired) electrons. The highest BCUT2D eigenvalue weighted by atomic mass is 35.5. The Hall–Kier alpha value is -3.18. The molecule has 2 N–H and O–H groups in total. The molecule has 0 saturated carbocycles. The Morgan fingerprint density at radius 3 is 2.48 bits per heavy atom. The number of aliphatic carboxylic acids is 1. The van der Waals surface area contributed by atoms with E-state index in [0.29, 0.717) is 10.7 Å². The molecule has 4 rings (SSSR count). The van der Waals surface area contributed by atoms with E-state index >= 15 is 0 Å². The zero-order valence-electron chi connectivity index (χ0n) is 16.7. The Labute approximate surface area is 188 Å². The van der Waals surface area contributed by atoms with E-state index in [2.05, 4.69) is 5.10 Å². The third-order valence-electron chi connectivity index (χ3n) is 5.56. The van der Waals surface area contributed by atoms with Crippen LogP contribution in [0.5, 0.6) is 0 Å². The van der Waals surface area contributed by atoms with E-state index < -0.39 is 52.0 Å². The van der Waals surface area contributed by atoms with Gasteiger partial charge >= 0.3 is 12.1 Å². The molecule has 1 aliphatic heterocycles. The number of hydrogen-bond donors (Lipinski definition) is 2. The highest BCUT2D eigenvalue weighted by molar-refractivity contribution is 6.34. The van der Waals surface area contributed by atoms with Crippen LogP contribution in [0.4, 0.5) is 23.4 Å². The molecule has 2 aromatic carbocycles. The summed E-state index contributed by atoms with van der Waals surface area (Å²) in [5.41, 5.74) is -2.20. The Balaban J connectivity index is 1.85. The largest absolute Gasteiger partial charge is 0.481 e. The van der Waals surface area contributed by atoms with Crippen molar-refractivity contribution in [2.75, 3.05) is 18.0 Å². The van der Waals surface area contributed by atoms with Gasteiger partial charge in [0.2, 0.25) is 0 Å². The summed E-state index contributed by atoms with van der Waals surface area (Å²) in [4.78, 5) is 25.9. The predicted molar refractivity (Wildman–Crippen MR) is 110 cm³/mol. The van der Waals surface area contributed by atoms with Gasteiger partial charge < -0.3 is 15.1 Å². The molecule has 33 heavy (non-hydrogen) atoms. The van der Waals surface area contributed by atoms with Crippen LogP contribution in [-0.2, 0) is 11.0 Å². The van der Waals surface area contributed by atoms with Crippen molar-refractivity contribution >= 4 is 40.2 Å². The third kappa shape index (κ3) is 4.02. The topological polar surface area (TPSA) is 95.7 Å². The van der Waals surface area contributed by atoms with Crippen LogP contribution in [0.3, 0.4) is 0 Å². The number of carboxylic acids is 1. The number of halogens is 5. The Kier molecular flexibility index (Phi) is 5.79. The van der Waals surface area contributed by atoms with Gasteiger partial charge in [0.15, 0.2) is 5.82 Å². The number of rotatable bonds is 3. The van der Waals surface area contributed by atoms with Crippen LogP contribution in [0.15, 0.2) is 36.4 Å². The van der Waals surface area contributed by atoms with E-state index in [4.69, 9.17) is 11.6 Å². The lowest BCUT2D eigenvalue weighted by atomic mass is 9.94. The molecule has 0 bridgehead atoms. The normalized spacial score (nSPS) is 19.2. The quantitative estimate of drug-likeness (QED) is 0.548. The van der Waals surface area contributed by atoms with Crippen LogP contribution >= 0.6 is 11.6 Å². The standard InChI is InChI=1S/C21H16ClF4N3O4/c22-12-4-1-3-11(21(24,25)26)16(12)19(31)29-14-6-2-5-13(23)17(14)18(27-29)28-8-7-10(20(32)33)15(30)9-28/h1-6,10,15,30H,7-9H2,(H,32,33)/t10?,15-/m0/s1. The molecule has 2 atom stereocenters. The van der Waals surface area contributed by atoms with Gasteiger partial charge in [0, 0.05) is 13.1 Å². The first-order valence-electron chi connectivity index (χ1n) is 9.74. The second-order valence-corrected chi connectivity index (χ2v) is 7.99. The number of carbonyl (C=O) groups excluding carboxylic acids is 1. The first kappa shape index (κ1) is 23.0. The minimum atomic E-state index is -4.88. The lowest BCUT2D eigenvalue weighted by Crippen LogP contribution is -2.47. The lowest BCUT2D eigenvalue weighted by Gasteiger charge is -2.34. The summed E-state index contributed by atoms with van der Waals surface area (Å²) >= 11 is 5.95. The summed E-state index contributed by atoms with van der Waals surface area (Å²) in [6, 6.07) is 6.58. The van der Waals surface area contributed by atoms with Crippen molar-refractivity contribution in [3.63, 3.8) is 0 Å². The molecular formula is C21H16ClF4N3O4. The third-order valence-corrected chi connectivity index (χ3v) is 5.88. The summed E-state index contributed by atoms with van der Waals surface area (Å²) in [7, 11) is 0. The smallest absolute Gasteiger partial charge is 0.417 e. The summed E-state index contributed by atoms with van der Waals surface area (Å²) in [6.45, 7) is -0.145. The highest BCUT2D eigenvalue weighted by Gasteiger charge is 2.38. The van der Waals surface area contributed by atoms with E-state index in [0.717, 1.165) is 18.2 Å². The fourth-order valence-electron chi connectivity index (χ4n) is 3.98. The number of aliphatic hydroxyl groups is 1. The maximum absolute atomic E-state index is 14.8. The molecule has 0 aliphatic carbocycles. The number of piperidine rings is 1. The minimum Gasteiger partial charge on any atom is -0.481 e. The SMILES string of the molecule is O=C(O)C1CCN(c2nn(C(=O)c3c(Cl)cccc3C(F)(F)F)c3cccc(F)c23)C[C@@H]1O. The molecule has 3 aromatic rings. The van der Waals surface area contributed by atoms with Gasteiger partial charge in [-0.25, -0.2) is 4.39 Å². The van der Waals surface area contributed by atoms with E-state index in [9.17, 15) is 37.4 Å². The highest BCUT2D eigenvalue weighted by Crippen LogP contribution is 2.37. The first-order valence-corrected chi connectivity index (χ1v) is 10.1. The maximum Gasteiger partial charge on any atom is 0.417 e. The number of alkyl halides is 3. The predicted octanol–water partition coefficient (Wildman–Crippen LogP) is 3.81. The van der Waals surface area contributed by atoms with Gasteiger partial charge in [-0.1, -0.05) is 23.7 Å². The Morgan fingerprint density at radius 1 is 1.15 bits per heavy atom. The number of carboxylic acid groups (broad SMARTS) is 1. The Morgan fingerprint density at radius 2 is 1.85 bits per heavy atom. The molecule has 7 nitrogen and oxygen atoms in total. The number of hydrogen-bond acceptors (Lipinski definition) is 5. The molecule has 1 unspecified atom stereocenters. The zero-order valence-corrected chi connectivity index (χ0v) is 17.4. The molecule has 12 heteroatoms. The van der Waals surface area contributed by atoms with E-state index in [-0.39, 0.29) is 36.2 Å². The number of β-amino-alcohol motifs (C(OH)–C–C–N with tert-alkyl or cyclic N) is 1. The van der Waals surface area contributed by atoms with Gasteiger partial charge in [0.05, 0.1) is 39.1 Å². The fourth-order valence-corrected chi connectivity index (χ4v) is 4.24. The van der Waals surface area contributed by atoms with Crippen LogP contribution in [0, 0.1) is 11.7 Å².